The first-order valence-electron chi connectivity index (χ1n) is 12.1. The number of aromatic nitrogens is 3. The second-order valence-corrected chi connectivity index (χ2v) is 9.69. The molecule has 0 amide bonds. The molecule has 6 aromatic rings. The molecule has 3 aliphatic carbocycles. The molecule has 0 radical (unpaired) electrons. The number of hydrogen-bond acceptors (Lipinski definition) is 3. The van der Waals surface area contributed by atoms with Gasteiger partial charge in [0.2, 0.25) is 17.1 Å². The van der Waals surface area contributed by atoms with Gasteiger partial charge in [0.15, 0.2) is 5.58 Å². The lowest BCUT2D eigenvalue weighted by Crippen LogP contribution is -2.45. The summed E-state index contributed by atoms with van der Waals surface area (Å²) in [6.45, 7) is 2.14. The van der Waals surface area contributed by atoms with E-state index in [0.29, 0.717) is 5.71 Å². The van der Waals surface area contributed by atoms with Crippen molar-refractivity contribution in [3.05, 3.63) is 124 Å². The van der Waals surface area contributed by atoms with Crippen LogP contribution in [-0.2, 0) is 7.05 Å². The van der Waals surface area contributed by atoms with Crippen molar-refractivity contribution in [3.63, 3.8) is 0 Å². The Bertz CT molecular complexity index is 1800. The summed E-state index contributed by atoms with van der Waals surface area (Å²) in [5, 5.41) is 2.13. The lowest BCUT2D eigenvalue weighted by atomic mass is 9.64. The summed E-state index contributed by atoms with van der Waals surface area (Å²) in [5.41, 5.74) is 12.8. The Morgan fingerprint density at radius 3 is 2.14 bits per heavy atom. The first kappa shape index (κ1) is 19.0. The average molecular weight is 453 g/mol. The normalized spacial score (nSPS) is 17.4. The molecule has 3 aromatic heterocycles. The number of fused-ring (bicyclic) bond motifs is 3. The standard InChI is InChI=1S/C31H22N3O/c1-17-13-14-22-23-12-7-15-32-31(23)35-30(22)25(17)24-16-33-28-26-18-8-3-5-10-20(18)27(29(28)34(24)2)21-11-6-4-9-19(21)26/h3-16,26-27H,1-2H3/q+1. The molecule has 0 N–H and O–H groups in total. The Balaban J connectivity index is 1.44. The molecule has 2 bridgehead atoms. The third-order valence-corrected chi connectivity index (χ3v) is 7.98. The van der Waals surface area contributed by atoms with E-state index in [1.165, 1.54) is 27.9 Å². The maximum absolute atomic E-state index is 6.34. The number of rotatable bonds is 1. The van der Waals surface area contributed by atoms with Gasteiger partial charge in [0.1, 0.15) is 12.7 Å². The fourth-order valence-electron chi connectivity index (χ4n) is 6.47. The summed E-state index contributed by atoms with van der Waals surface area (Å²) in [6, 6.07) is 26.1. The van der Waals surface area contributed by atoms with Crippen LogP contribution < -0.4 is 4.57 Å². The van der Waals surface area contributed by atoms with Crippen LogP contribution in [-0.4, -0.2) is 9.97 Å². The summed E-state index contributed by atoms with van der Waals surface area (Å²) >= 11 is 0. The SMILES string of the molecule is Cc1ccc2c(oc3ncccc32)c1-c1cnc2c([n+]1C)C1c3ccccc3C2c2ccccc21. The zero-order valence-electron chi connectivity index (χ0n) is 19.5. The van der Waals surface area contributed by atoms with Gasteiger partial charge in [-0.25, -0.2) is 9.97 Å². The number of nitrogens with zero attached hydrogens (tertiary/aromatic N) is 3. The maximum atomic E-state index is 6.34. The van der Waals surface area contributed by atoms with Crippen LogP contribution >= 0.6 is 0 Å². The van der Waals surface area contributed by atoms with Crippen molar-refractivity contribution in [2.45, 2.75) is 18.8 Å². The van der Waals surface area contributed by atoms with E-state index in [4.69, 9.17) is 9.40 Å². The highest BCUT2D eigenvalue weighted by molar-refractivity contribution is 6.08. The highest BCUT2D eigenvalue weighted by Crippen LogP contribution is 2.54. The van der Waals surface area contributed by atoms with Crippen LogP contribution in [0.25, 0.3) is 33.3 Å². The third-order valence-electron chi connectivity index (χ3n) is 7.98. The van der Waals surface area contributed by atoms with Gasteiger partial charge in [0.25, 0.3) is 0 Å². The molecule has 4 nitrogen and oxygen atoms in total. The van der Waals surface area contributed by atoms with Crippen LogP contribution in [0.5, 0.6) is 0 Å². The van der Waals surface area contributed by atoms with E-state index >= 15 is 0 Å². The molecular formula is C31H22N3O+. The van der Waals surface area contributed by atoms with Crippen molar-refractivity contribution < 1.29 is 8.98 Å². The molecule has 0 aliphatic heterocycles. The summed E-state index contributed by atoms with van der Waals surface area (Å²) in [7, 11) is 2.18. The number of aryl methyl sites for hydroxylation is 1. The highest BCUT2D eigenvalue weighted by atomic mass is 16.3. The van der Waals surface area contributed by atoms with Gasteiger partial charge in [-0.1, -0.05) is 60.7 Å². The fourth-order valence-corrected chi connectivity index (χ4v) is 6.47. The van der Waals surface area contributed by atoms with Gasteiger partial charge in [-0.05, 0) is 46.9 Å². The minimum absolute atomic E-state index is 0.162. The highest BCUT2D eigenvalue weighted by Gasteiger charge is 2.47. The Morgan fingerprint density at radius 1 is 0.743 bits per heavy atom. The molecule has 3 aliphatic rings. The van der Waals surface area contributed by atoms with E-state index in [-0.39, 0.29) is 11.8 Å². The fraction of sp³-hybridized carbons (Fsp3) is 0.129. The van der Waals surface area contributed by atoms with Gasteiger partial charge in [-0.2, -0.15) is 4.57 Å². The molecule has 3 aromatic carbocycles. The summed E-state index contributed by atoms with van der Waals surface area (Å²) < 4.78 is 8.70. The molecule has 3 heterocycles. The van der Waals surface area contributed by atoms with E-state index in [2.05, 4.69) is 90.3 Å². The summed E-state index contributed by atoms with van der Waals surface area (Å²) in [6.07, 6.45) is 3.82. The smallest absolute Gasteiger partial charge is 0.235 e. The van der Waals surface area contributed by atoms with Gasteiger partial charge < -0.3 is 4.42 Å². The minimum atomic E-state index is 0.162. The second-order valence-electron chi connectivity index (χ2n) is 9.69. The molecule has 0 saturated heterocycles. The number of furan rings is 1. The Labute approximate surface area is 202 Å². The molecule has 35 heavy (non-hydrogen) atoms. The predicted molar refractivity (Wildman–Crippen MR) is 135 cm³/mol. The van der Waals surface area contributed by atoms with Crippen LogP contribution in [0.3, 0.4) is 0 Å². The maximum Gasteiger partial charge on any atom is 0.235 e. The Kier molecular flexibility index (Phi) is 3.61. The molecule has 0 spiro atoms. The largest absolute Gasteiger partial charge is 0.437 e. The first-order valence-corrected chi connectivity index (χ1v) is 12.1. The molecular weight excluding hydrogens is 430 g/mol. The van der Waals surface area contributed by atoms with E-state index in [1.54, 1.807) is 6.20 Å². The van der Waals surface area contributed by atoms with E-state index < -0.39 is 0 Å². The van der Waals surface area contributed by atoms with Gasteiger partial charge in [-0.15, -0.1) is 0 Å². The topological polar surface area (TPSA) is 42.8 Å². The number of hydrogen-bond donors (Lipinski definition) is 0. The van der Waals surface area contributed by atoms with Crippen molar-refractivity contribution in [1.29, 1.82) is 0 Å². The molecule has 0 unspecified atom stereocenters. The molecule has 4 heteroatoms. The monoisotopic (exact) mass is 452 g/mol. The van der Waals surface area contributed by atoms with Gasteiger partial charge in [-0.3, -0.25) is 0 Å². The number of pyridine rings is 1. The molecule has 0 fully saturated rings. The van der Waals surface area contributed by atoms with Crippen LogP contribution in [0.2, 0.25) is 0 Å². The van der Waals surface area contributed by atoms with Crippen LogP contribution in [0.4, 0.5) is 0 Å². The minimum Gasteiger partial charge on any atom is -0.437 e. The number of benzene rings is 3. The lowest BCUT2D eigenvalue weighted by molar-refractivity contribution is -0.669. The van der Waals surface area contributed by atoms with Crippen LogP contribution in [0, 0.1) is 6.92 Å². The van der Waals surface area contributed by atoms with Gasteiger partial charge in [0, 0.05) is 17.0 Å². The van der Waals surface area contributed by atoms with E-state index in [9.17, 15) is 0 Å². The van der Waals surface area contributed by atoms with Crippen LogP contribution in [0.15, 0.2) is 89.6 Å². The van der Waals surface area contributed by atoms with Crippen molar-refractivity contribution in [3.8, 4) is 11.3 Å². The quantitative estimate of drug-likeness (QED) is 0.280. The Hall–Kier alpha value is -4.31. The zero-order chi connectivity index (χ0) is 23.3. The van der Waals surface area contributed by atoms with Gasteiger partial charge >= 0.3 is 0 Å². The average Bonchev–Trinajstić information content (AvgIpc) is 3.28. The summed E-state index contributed by atoms with van der Waals surface area (Å²) in [4.78, 5) is 9.63. The van der Waals surface area contributed by atoms with Crippen molar-refractivity contribution >= 4 is 22.1 Å². The predicted octanol–water partition coefficient (Wildman–Crippen LogP) is 6.16. The van der Waals surface area contributed by atoms with Crippen molar-refractivity contribution in [2.75, 3.05) is 0 Å². The third kappa shape index (κ3) is 2.34. The molecule has 0 atom stereocenters. The van der Waals surface area contributed by atoms with Gasteiger partial charge in [0.05, 0.1) is 23.6 Å². The van der Waals surface area contributed by atoms with Crippen molar-refractivity contribution in [2.24, 2.45) is 7.05 Å². The van der Waals surface area contributed by atoms with Crippen LogP contribution in [0.1, 0.15) is 51.0 Å². The lowest BCUT2D eigenvalue weighted by Gasteiger charge is -2.38. The molecule has 166 valence electrons. The zero-order valence-corrected chi connectivity index (χ0v) is 19.5. The summed E-state index contributed by atoms with van der Waals surface area (Å²) in [5.74, 6) is 0.326. The second kappa shape index (κ2) is 6.63. The van der Waals surface area contributed by atoms with E-state index in [1.807, 2.05) is 12.3 Å². The molecule has 0 saturated carbocycles. The van der Waals surface area contributed by atoms with Crippen molar-refractivity contribution in [1.82, 2.24) is 9.97 Å². The Morgan fingerprint density at radius 2 is 1.43 bits per heavy atom. The van der Waals surface area contributed by atoms with E-state index in [0.717, 1.165) is 38.9 Å². The molecule has 9 rings (SSSR count). The first-order chi connectivity index (χ1) is 17.2.